The number of benzene rings is 1. The van der Waals surface area contributed by atoms with Gasteiger partial charge in [0.2, 0.25) is 0 Å². The fourth-order valence-electron chi connectivity index (χ4n) is 2.40. The highest BCUT2D eigenvalue weighted by Gasteiger charge is 2.60. The highest BCUT2D eigenvalue weighted by molar-refractivity contribution is 9.10. The van der Waals surface area contributed by atoms with E-state index >= 15 is 0 Å². The monoisotopic (exact) mass is 298 g/mol. The van der Waals surface area contributed by atoms with Gasteiger partial charge in [-0.1, -0.05) is 22.9 Å². The van der Waals surface area contributed by atoms with Gasteiger partial charge in [-0.3, -0.25) is 4.79 Å². The van der Waals surface area contributed by atoms with Gasteiger partial charge in [0.05, 0.1) is 19.6 Å². The number of hydrogen-bond acceptors (Lipinski definition) is 3. The van der Waals surface area contributed by atoms with Crippen LogP contribution in [0, 0.1) is 5.92 Å². The number of carbonyl (C=O) groups excluding carboxylic acids is 1. The third kappa shape index (κ3) is 1.84. The Kier molecular flexibility index (Phi) is 3.17. The molecular weight excluding hydrogens is 284 g/mol. The lowest BCUT2D eigenvalue weighted by Gasteiger charge is -2.18. The predicted octanol–water partition coefficient (Wildman–Crippen LogP) is 2.91. The van der Waals surface area contributed by atoms with Crippen molar-refractivity contribution in [1.82, 2.24) is 0 Å². The molecule has 0 aromatic heterocycles. The summed E-state index contributed by atoms with van der Waals surface area (Å²) < 4.78 is 11.2. The van der Waals surface area contributed by atoms with E-state index < -0.39 is 5.41 Å². The van der Waals surface area contributed by atoms with E-state index in [4.69, 9.17) is 9.47 Å². The maximum Gasteiger partial charge on any atom is 0.316 e. The Labute approximate surface area is 109 Å². The van der Waals surface area contributed by atoms with Crippen LogP contribution in [0.25, 0.3) is 0 Å². The minimum absolute atomic E-state index is 0.179. The first-order chi connectivity index (χ1) is 8.06. The average molecular weight is 299 g/mol. The molecule has 0 aliphatic heterocycles. The molecule has 1 aromatic rings. The number of esters is 1. The van der Waals surface area contributed by atoms with E-state index in [0.29, 0.717) is 0 Å². The molecule has 1 saturated carbocycles. The van der Waals surface area contributed by atoms with Crippen LogP contribution in [0.15, 0.2) is 22.7 Å². The number of methoxy groups -OCH3 is 2. The second-order valence-electron chi connectivity index (χ2n) is 4.41. The zero-order valence-corrected chi connectivity index (χ0v) is 11.7. The summed E-state index contributed by atoms with van der Waals surface area (Å²) in [6.07, 6.45) is 0.812. The molecule has 0 heterocycles. The van der Waals surface area contributed by atoms with E-state index in [1.165, 1.54) is 7.11 Å². The lowest BCUT2D eigenvalue weighted by molar-refractivity contribution is -0.144. The van der Waals surface area contributed by atoms with Crippen LogP contribution >= 0.6 is 15.9 Å². The smallest absolute Gasteiger partial charge is 0.316 e. The molecule has 2 unspecified atom stereocenters. The Morgan fingerprint density at radius 3 is 2.59 bits per heavy atom. The third-order valence-corrected chi connectivity index (χ3v) is 3.99. The first-order valence-electron chi connectivity index (χ1n) is 5.48. The number of halogens is 1. The largest absolute Gasteiger partial charge is 0.496 e. The molecule has 17 heavy (non-hydrogen) atoms. The minimum atomic E-state index is -0.524. The first-order valence-corrected chi connectivity index (χ1v) is 6.28. The molecule has 2 atom stereocenters. The van der Waals surface area contributed by atoms with Crippen LogP contribution in [0.3, 0.4) is 0 Å². The summed E-state index contributed by atoms with van der Waals surface area (Å²) in [5.41, 5.74) is 0.387. The molecule has 0 bridgehead atoms. The predicted molar refractivity (Wildman–Crippen MR) is 68.2 cm³/mol. The van der Waals surface area contributed by atoms with E-state index in [-0.39, 0.29) is 11.9 Å². The van der Waals surface area contributed by atoms with Crippen molar-refractivity contribution in [3.05, 3.63) is 28.2 Å². The zero-order valence-electron chi connectivity index (χ0n) is 10.1. The second-order valence-corrected chi connectivity index (χ2v) is 5.33. The van der Waals surface area contributed by atoms with Crippen molar-refractivity contribution < 1.29 is 14.3 Å². The number of rotatable bonds is 3. The van der Waals surface area contributed by atoms with Crippen molar-refractivity contribution in [3.8, 4) is 5.75 Å². The van der Waals surface area contributed by atoms with Crippen molar-refractivity contribution in [2.75, 3.05) is 14.2 Å². The van der Waals surface area contributed by atoms with E-state index in [2.05, 4.69) is 22.9 Å². The molecule has 0 saturated heterocycles. The van der Waals surface area contributed by atoms with Crippen molar-refractivity contribution in [2.45, 2.75) is 18.8 Å². The average Bonchev–Trinajstić information content (AvgIpc) is 3.01. The summed E-state index contributed by atoms with van der Waals surface area (Å²) in [7, 11) is 3.05. The molecule has 2 rings (SSSR count). The van der Waals surface area contributed by atoms with E-state index in [0.717, 1.165) is 22.2 Å². The molecule has 1 fully saturated rings. The fourth-order valence-corrected chi connectivity index (χ4v) is 2.77. The Balaban J connectivity index is 2.52. The zero-order chi connectivity index (χ0) is 12.6. The van der Waals surface area contributed by atoms with Gasteiger partial charge < -0.3 is 9.47 Å². The SMILES string of the molecule is COC(=O)C1(c2cc(Br)ccc2OC)CC1C. The number of hydrogen-bond donors (Lipinski definition) is 0. The molecule has 1 aromatic carbocycles. The minimum Gasteiger partial charge on any atom is -0.496 e. The Morgan fingerprint density at radius 2 is 2.12 bits per heavy atom. The molecule has 0 N–H and O–H groups in total. The van der Waals surface area contributed by atoms with Crippen LogP contribution in [-0.4, -0.2) is 20.2 Å². The van der Waals surface area contributed by atoms with Crippen molar-refractivity contribution >= 4 is 21.9 Å². The standard InChI is InChI=1S/C13H15BrO3/c1-8-7-13(8,12(15)17-3)10-6-9(14)4-5-11(10)16-2/h4-6,8H,7H2,1-3H3. The van der Waals surface area contributed by atoms with Gasteiger partial charge in [0, 0.05) is 10.0 Å². The van der Waals surface area contributed by atoms with E-state index in [1.54, 1.807) is 7.11 Å². The van der Waals surface area contributed by atoms with Crippen molar-refractivity contribution in [2.24, 2.45) is 5.92 Å². The molecule has 0 amide bonds. The van der Waals surface area contributed by atoms with Gasteiger partial charge in [-0.2, -0.15) is 0 Å². The van der Waals surface area contributed by atoms with Crippen LogP contribution in [0.5, 0.6) is 5.75 Å². The normalized spacial score (nSPS) is 26.5. The maximum absolute atomic E-state index is 12.0. The second kappa shape index (κ2) is 4.33. The topological polar surface area (TPSA) is 35.5 Å². The molecule has 0 radical (unpaired) electrons. The lowest BCUT2D eigenvalue weighted by atomic mass is 9.92. The fraction of sp³-hybridized carbons (Fsp3) is 0.462. The summed E-state index contributed by atoms with van der Waals surface area (Å²) in [5.74, 6) is 0.850. The summed E-state index contributed by atoms with van der Waals surface area (Å²) in [4.78, 5) is 12.0. The van der Waals surface area contributed by atoms with Gasteiger partial charge in [0.25, 0.3) is 0 Å². The summed E-state index contributed by atoms with van der Waals surface area (Å²) in [6.45, 7) is 2.05. The van der Waals surface area contributed by atoms with Gasteiger partial charge in [-0.05, 0) is 30.5 Å². The quantitative estimate of drug-likeness (QED) is 0.805. The number of ether oxygens (including phenoxy) is 2. The first kappa shape index (κ1) is 12.4. The van der Waals surface area contributed by atoms with E-state index in [1.807, 2.05) is 18.2 Å². The van der Waals surface area contributed by atoms with Crippen molar-refractivity contribution in [3.63, 3.8) is 0 Å². The summed E-state index contributed by atoms with van der Waals surface area (Å²) >= 11 is 3.43. The van der Waals surface area contributed by atoms with Crippen LogP contribution in [0.2, 0.25) is 0 Å². The molecule has 0 spiro atoms. The van der Waals surface area contributed by atoms with Gasteiger partial charge in [0.15, 0.2) is 0 Å². The molecule has 1 aliphatic carbocycles. The van der Waals surface area contributed by atoms with Crippen LogP contribution in [0.4, 0.5) is 0 Å². The maximum atomic E-state index is 12.0. The van der Waals surface area contributed by atoms with Crippen LogP contribution in [-0.2, 0) is 14.9 Å². The van der Waals surface area contributed by atoms with Gasteiger partial charge in [0.1, 0.15) is 5.75 Å². The molecule has 4 heteroatoms. The Hall–Kier alpha value is -1.03. The summed E-state index contributed by atoms with van der Waals surface area (Å²) in [6, 6.07) is 5.72. The van der Waals surface area contributed by atoms with E-state index in [9.17, 15) is 4.79 Å². The summed E-state index contributed by atoms with van der Waals surface area (Å²) in [5, 5.41) is 0. The molecular formula is C13H15BrO3. The molecule has 3 nitrogen and oxygen atoms in total. The number of carbonyl (C=O) groups is 1. The highest BCUT2D eigenvalue weighted by atomic mass is 79.9. The van der Waals surface area contributed by atoms with Gasteiger partial charge >= 0.3 is 5.97 Å². The van der Waals surface area contributed by atoms with Crippen LogP contribution < -0.4 is 4.74 Å². The van der Waals surface area contributed by atoms with Gasteiger partial charge in [-0.15, -0.1) is 0 Å². The lowest BCUT2D eigenvalue weighted by Crippen LogP contribution is -2.24. The molecule has 1 aliphatic rings. The van der Waals surface area contributed by atoms with Crippen LogP contribution in [0.1, 0.15) is 18.9 Å². The molecule has 92 valence electrons. The van der Waals surface area contributed by atoms with Crippen molar-refractivity contribution in [1.29, 1.82) is 0 Å². The van der Waals surface area contributed by atoms with Gasteiger partial charge in [-0.25, -0.2) is 0 Å². The highest BCUT2D eigenvalue weighted by Crippen LogP contribution is 2.57. The Morgan fingerprint density at radius 1 is 1.47 bits per heavy atom. The third-order valence-electron chi connectivity index (χ3n) is 3.50. The Bertz CT molecular complexity index is 458.